The van der Waals surface area contributed by atoms with Crippen molar-refractivity contribution in [3.8, 4) is 0 Å². The lowest BCUT2D eigenvalue weighted by molar-refractivity contribution is -0.125. The van der Waals surface area contributed by atoms with Gasteiger partial charge in [-0.05, 0) is 32.2 Å². The molecule has 4 heteroatoms. The first kappa shape index (κ1) is 17.4. The highest BCUT2D eigenvalue weighted by atomic mass is 16.5. The zero-order chi connectivity index (χ0) is 14.4. The lowest BCUT2D eigenvalue weighted by Crippen LogP contribution is -2.54. The molecule has 3 N–H and O–H groups in total. The molecule has 0 aromatic carbocycles. The maximum Gasteiger partial charge on any atom is 0.237 e. The molecule has 108 valence electrons. The van der Waals surface area contributed by atoms with Gasteiger partial charge in [0.1, 0.15) is 0 Å². The van der Waals surface area contributed by atoms with E-state index in [1.807, 2.05) is 20.8 Å². The van der Waals surface area contributed by atoms with Crippen LogP contribution >= 0.6 is 0 Å². The van der Waals surface area contributed by atoms with Gasteiger partial charge in [0.15, 0.2) is 0 Å². The number of carbonyl (C=O) groups excluding carboxylic acids is 1. The Morgan fingerprint density at radius 2 is 1.89 bits per heavy atom. The van der Waals surface area contributed by atoms with E-state index in [0.717, 1.165) is 6.42 Å². The summed E-state index contributed by atoms with van der Waals surface area (Å²) in [6, 6.07) is 0. The van der Waals surface area contributed by atoms with Crippen LogP contribution in [-0.4, -0.2) is 30.7 Å². The van der Waals surface area contributed by atoms with Gasteiger partial charge >= 0.3 is 0 Å². The van der Waals surface area contributed by atoms with Crippen LogP contribution in [0.15, 0.2) is 0 Å². The molecule has 0 aliphatic heterocycles. The third-order valence-electron chi connectivity index (χ3n) is 3.06. The molecule has 0 aliphatic rings. The van der Waals surface area contributed by atoms with Gasteiger partial charge in [0.2, 0.25) is 5.91 Å². The zero-order valence-corrected chi connectivity index (χ0v) is 12.8. The lowest BCUT2D eigenvalue weighted by Gasteiger charge is -2.30. The summed E-state index contributed by atoms with van der Waals surface area (Å²) in [5.74, 6) is -0.323. The molecule has 2 unspecified atom stereocenters. The second-order valence-electron chi connectivity index (χ2n) is 6.42. The second kappa shape index (κ2) is 7.10. The Balaban J connectivity index is 4.19. The minimum atomic E-state index is -0.685. The van der Waals surface area contributed by atoms with Gasteiger partial charge in [0.25, 0.3) is 0 Å². The third kappa shape index (κ3) is 6.97. The van der Waals surface area contributed by atoms with Crippen LogP contribution in [0, 0.1) is 5.41 Å². The van der Waals surface area contributed by atoms with E-state index in [4.69, 9.17) is 10.5 Å². The molecule has 2 atom stereocenters. The van der Waals surface area contributed by atoms with Crippen LogP contribution in [0.2, 0.25) is 0 Å². The summed E-state index contributed by atoms with van der Waals surface area (Å²) >= 11 is 0. The van der Waals surface area contributed by atoms with Gasteiger partial charge in [-0.25, -0.2) is 0 Å². The third-order valence-corrected chi connectivity index (χ3v) is 3.06. The van der Waals surface area contributed by atoms with E-state index in [-0.39, 0.29) is 17.4 Å². The number of hydrogen-bond donors (Lipinski definition) is 2. The molecule has 0 aliphatic carbocycles. The summed E-state index contributed by atoms with van der Waals surface area (Å²) in [6.45, 7) is 13.8. The van der Waals surface area contributed by atoms with E-state index < -0.39 is 5.54 Å². The molecule has 0 fully saturated rings. The highest BCUT2D eigenvalue weighted by Gasteiger charge is 2.32. The summed E-state index contributed by atoms with van der Waals surface area (Å²) in [5, 5.41) is 3.14. The van der Waals surface area contributed by atoms with Crippen molar-refractivity contribution in [2.75, 3.05) is 13.2 Å². The molecule has 0 spiro atoms. The number of hydrogen-bond acceptors (Lipinski definition) is 3. The molecule has 0 aromatic rings. The van der Waals surface area contributed by atoms with E-state index in [0.29, 0.717) is 19.6 Å². The van der Waals surface area contributed by atoms with Crippen LogP contribution in [0.1, 0.15) is 54.4 Å². The predicted octanol–water partition coefficient (Wildman–Crippen LogP) is 2.07. The van der Waals surface area contributed by atoms with Gasteiger partial charge in [-0.15, -0.1) is 0 Å². The Labute approximate surface area is 112 Å². The van der Waals surface area contributed by atoms with Gasteiger partial charge in [0, 0.05) is 13.0 Å². The number of amides is 1. The highest BCUT2D eigenvalue weighted by molar-refractivity contribution is 5.84. The number of primary amides is 1. The van der Waals surface area contributed by atoms with Gasteiger partial charge in [-0.2, -0.15) is 0 Å². The average molecular weight is 258 g/mol. The van der Waals surface area contributed by atoms with Crippen LogP contribution in [0.25, 0.3) is 0 Å². The SMILES string of the molecule is CCNC(C)(CC(C)OCCC(C)(C)C)C(N)=O. The largest absolute Gasteiger partial charge is 0.378 e. The summed E-state index contributed by atoms with van der Waals surface area (Å²) in [7, 11) is 0. The van der Waals surface area contributed by atoms with E-state index in [1.165, 1.54) is 0 Å². The first-order chi connectivity index (χ1) is 8.10. The Morgan fingerprint density at radius 3 is 2.28 bits per heavy atom. The monoisotopic (exact) mass is 258 g/mol. The fraction of sp³-hybridized carbons (Fsp3) is 0.929. The molecule has 0 saturated carbocycles. The van der Waals surface area contributed by atoms with E-state index in [1.54, 1.807) is 0 Å². The summed E-state index contributed by atoms with van der Waals surface area (Å²) in [4.78, 5) is 11.5. The quantitative estimate of drug-likeness (QED) is 0.700. The van der Waals surface area contributed by atoms with E-state index in [2.05, 4.69) is 26.1 Å². The molecule has 4 nitrogen and oxygen atoms in total. The molecule has 0 rings (SSSR count). The molecule has 0 radical (unpaired) electrons. The van der Waals surface area contributed by atoms with E-state index >= 15 is 0 Å². The van der Waals surface area contributed by atoms with Crippen LogP contribution in [0.3, 0.4) is 0 Å². The topological polar surface area (TPSA) is 64.3 Å². The smallest absolute Gasteiger partial charge is 0.237 e. The average Bonchev–Trinajstić information content (AvgIpc) is 2.15. The van der Waals surface area contributed by atoms with Crippen molar-refractivity contribution in [3.63, 3.8) is 0 Å². The minimum Gasteiger partial charge on any atom is -0.378 e. The van der Waals surface area contributed by atoms with E-state index in [9.17, 15) is 4.79 Å². The number of nitrogens with two attached hydrogens (primary N) is 1. The molecule has 1 amide bonds. The first-order valence-corrected chi connectivity index (χ1v) is 6.77. The van der Waals surface area contributed by atoms with Crippen molar-refractivity contribution in [3.05, 3.63) is 0 Å². The van der Waals surface area contributed by atoms with Crippen LogP contribution in [-0.2, 0) is 9.53 Å². The summed E-state index contributed by atoms with van der Waals surface area (Å²) < 4.78 is 5.76. The zero-order valence-electron chi connectivity index (χ0n) is 12.8. The standard InChI is InChI=1S/C14H30N2O2/c1-7-16-14(6,12(15)17)10-11(2)18-9-8-13(3,4)5/h11,16H,7-10H2,1-6H3,(H2,15,17). The maximum atomic E-state index is 11.5. The normalized spacial score (nSPS) is 17.2. The second-order valence-corrected chi connectivity index (χ2v) is 6.42. The molecular formula is C14H30N2O2. The van der Waals surface area contributed by atoms with Crippen molar-refractivity contribution in [2.45, 2.75) is 66.0 Å². The first-order valence-electron chi connectivity index (χ1n) is 6.77. The Morgan fingerprint density at radius 1 is 1.33 bits per heavy atom. The molecule has 0 saturated heterocycles. The summed E-state index contributed by atoms with van der Waals surface area (Å²) in [5.41, 5.74) is 5.03. The number of carbonyl (C=O) groups is 1. The Bertz CT molecular complexity index is 261. The fourth-order valence-electron chi connectivity index (χ4n) is 1.85. The van der Waals surface area contributed by atoms with Crippen molar-refractivity contribution < 1.29 is 9.53 Å². The van der Waals surface area contributed by atoms with Crippen LogP contribution in [0.4, 0.5) is 0 Å². The number of nitrogens with one attached hydrogen (secondary N) is 1. The number of likely N-dealkylation sites (N-methyl/N-ethyl adjacent to an activating group) is 1. The van der Waals surface area contributed by atoms with Crippen molar-refractivity contribution in [1.82, 2.24) is 5.32 Å². The molecule has 0 heterocycles. The molecule has 0 aromatic heterocycles. The maximum absolute atomic E-state index is 11.5. The summed E-state index contributed by atoms with van der Waals surface area (Å²) in [6.07, 6.45) is 1.62. The van der Waals surface area contributed by atoms with Gasteiger partial charge < -0.3 is 15.8 Å². The highest BCUT2D eigenvalue weighted by Crippen LogP contribution is 2.20. The van der Waals surface area contributed by atoms with Crippen molar-refractivity contribution >= 4 is 5.91 Å². The number of ether oxygens (including phenoxy) is 1. The minimum absolute atomic E-state index is 0.0175. The molecular weight excluding hydrogens is 228 g/mol. The van der Waals surface area contributed by atoms with Gasteiger partial charge in [-0.1, -0.05) is 27.7 Å². The predicted molar refractivity (Wildman–Crippen MR) is 75.4 cm³/mol. The fourth-order valence-corrected chi connectivity index (χ4v) is 1.85. The van der Waals surface area contributed by atoms with Crippen LogP contribution in [0.5, 0.6) is 0 Å². The van der Waals surface area contributed by atoms with Crippen LogP contribution < -0.4 is 11.1 Å². The van der Waals surface area contributed by atoms with Gasteiger partial charge in [-0.3, -0.25) is 4.79 Å². The van der Waals surface area contributed by atoms with Crippen molar-refractivity contribution in [1.29, 1.82) is 0 Å². The Kier molecular flexibility index (Phi) is 6.86. The number of rotatable bonds is 8. The lowest BCUT2D eigenvalue weighted by atomic mass is 9.92. The molecule has 0 bridgehead atoms. The van der Waals surface area contributed by atoms with Crippen molar-refractivity contribution in [2.24, 2.45) is 11.1 Å². The molecule has 18 heavy (non-hydrogen) atoms. The Hall–Kier alpha value is -0.610. The van der Waals surface area contributed by atoms with Gasteiger partial charge in [0.05, 0.1) is 11.6 Å².